The van der Waals surface area contributed by atoms with E-state index in [1.165, 1.54) is 24.3 Å². The van der Waals surface area contributed by atoms with E-state index in [4.69, 9.17) is 20.9 Å². The SMILES string of the molecule is NC(=O)CCN(CCO)c1nc(Nc2ccc(/C=C/c3ccc(Nc4nc(N5CCOCC5)nc(N(CCO)CCC(N)=O)n4)cc3S(=O)(=O)[O-])c(SOO[O-])c2)nc(N2CCOCC2)n1.[Na+].[Na+]. The molecule has 0 atom stereocenters. The zero-order valence-corrected chi connectivity index (χ0v) is 43.0. The first-order chi connectivity index (χ1) is 31.8. The van der Waals surface area contributed by atoms with Gasteiger partial charge in [0.2, 0.25) is 47.5 Å². The number of nitrogens with one attached hydrogen (secondary N) is 2. The van der Waals surface area contributed by atoms with Crippen LogP contribution in [-0.4, -0.2) is 157 Å². The molecule has 30 heteroatoms. The molecule has 68 heavy (non-hydrogen) atoms. The molecule has 26 nitrogen and oxygen atoms in total. The van der Waals surface area contributed by atoms with E-state index in [1.54, 1.807) is 28.0 Å². The molecule has 8 N–H and O–H groups in total. The number of hydrogen-bond donors (Lipinski definition) is 6. The number of nitrogens with two attached hydrogens (primary N) is 2. The number of anilines is 8. The molecule has 4 aromatic rings. The van der Waals surface area contributed by atoms with E-state index in [1.807, 2.05) is 9.80 Å². The van der Waals surface area contributed by atoms with Gasteiger partial charge in [0.15, 0.2) is 0 Å². The predicted octanol–water partition coefficient (Wildman–Crippen LogP) is -7.12. The van der Waals surface area contributed by atoms with Crippen molar-refractivity contribution >= 4 is 93.2 Å². The Hall–Kier alpha value is -4.08. The summed E-state index contributed by atoms with van der Waals surface area (Å²) in [6.07, 6.45) is 2.81. The van der Waals surface area contributed by atoms with Crippen LogP contribution in [0.25, 0.3) is 12.2 Å². The van der Waals surface area contributed by atoms with Crippen LogP contribution in [0.15, 0.2) is 46.2 Å². The Kier molecular flexibility index (Phi) is 23.2. The Morgan fingerprint density at radius 3 is 1.63 bits per heavy atom. The van der Waals surface area contributed by atoms with Crippen LogP contribution in [0.5, 0.6) is 0 Å². The topological polar surface area (TPSA) is 358 Å². The molecule has 0 saturated carbocycles. The van der Waals surface area contributed by atoms with Crippen LogP contribution in [0, 0.1) is 0 Å². The fraction of sp³-hybridized carbons (Fsp3) is 0.421. The van der Waals surface area contributed by atoms with Gasteiger partial charge in [0.05, 0.1) is 56.6 Å². The second-order valence-corrected chi connectivity index (χ2v) is 16.4. The molecule has 2 aromatic carbocycles. The first kappa shape index (κ1) is 56.5. The van der Waals surface area contributed by atoms with Crippen molar-refractivity contribution in [3.05, 3.63) is 47.5 Å². The predicted molar refractivity (Wildman–Crippen MR) is 236 cm³/mol. The van der Waals surface area contributed by atoms with Crippen LogP contribution in [0.4, 0.5) is 47.1 Å². The zero-order chi connectivity index (χ0) is 47.1. The summed E-state index contributed by atoms with van der Waals surface area (Å²) in [4.78, 5) is 57.1. The quantitative estimate of drug-likeness (QED) is 0.00948. The molecular weight excluding hydrogens is 955 g/mol. The van der Waals surface area contributed by atoms with Crippen molar-refractivity contribution in [2.75, 3.05) is 122 Å². The molecule has 2 amide bonds. The first-order valence-corrected chi connectivity index (χ1v) is 22.5. The fourth-order valence-electron chi connectivity index (χ4n) is 6.54. The van der Waals surface area contributed by atoms with Crippen LogP contribution in [-0.2, 0) is 38.6 Å². The summed E-state index contributed by atoms with van der Waals surface area (Å²) in [6.45, 7) is 3.47. The molecule has 0 unspecified atom stereocenters. The van der Waals surface area contributed by atoms with Gasteiger partial charge < -0.3 is 71.2 Å². The van der Waals surface area contributed by atoms with Gasteiger partial charge in [-0.25, -0.2) is 8.42 Å². The number of benzene rings is 2. The van der Waals surface area contributed by atoms with Gasteiger partial charge in [-0.3, -0.25) is 14.6 Å². The smallest absolute Gasteiger partial charge is 0.744 e. The Morgan fingerprint density at radius 2 is 1.19 bits per heavy atom. The first-order valence-electron chi connectivity index (χ1n) is 20.4. The monoisotopic (exact) mass is 1000 g/mol. The van der Waals surface area contributed by atoms with E-state index in [9.17, 15) is 38.0 Å². The number of aliphatic hydroxyl groups excluding tert-OH is 2. The van der Waals surface area contributed by atoms with Crippen LogP contribution >= 0.6 is 12.0 Å². The van der Waals surface area contributed by atoms with E-state index in [0.29, 0.717) is 86.7 Å². The molecule has 0 aliphatic carbocycles. The Morgan fingerprint density at radius 1 is 0.735 bits per heavy atom. The molecule has 2 fully saturated rings. The molecule has 2 aliphatic rings. The van der Waals surface area contributed by atoms with Crippen molar-refractivity contribution in [1.29, 1.82) is 0 Å². The molecule has 0 radical (unpaired) electrons. The molecule has 0 spiro atoms. The number of primary amides is 2. The number of amides is 2. The molecule has 2 aromatic heterocycles. The summed E-state index contributed by atoms with van der Waals surface area (Å²) in [5.41, 5.74) is 11.7. The van der Waals surface area contributed by atoms with Gasteiger partial charge in [-0.2, -0.15) is 34.2 Å². The minimum Gasteiger partial charge on any atom is -0.744 e. The second-order valence-electron chi connectivity index (χ2n) is 14.3. The number of aliphatic hydroxyl groups is 2. The molecule has 2 saturated heterocycles. The Bertz CT molecular complexity index is 2440. The third kappa shape index (κ3) is 16.8. The normalized spacial score (nSPS) is 13.9. The number of hydrogen-bond acceptors (Lipinski definition) is 25. The minimum atomic E-state index is -5.09. The van der Waals surface area contributed by atoms with E-state index in [-0.39, 0.29) is 152 Å². The average molecular weight is 1000 g/mol. The van der Waals surface area contributed by atoms with E-state index < -0.39 is 26.8 Å². The summed E-state index contributed by atoms with van der Waals surface area (Å²) in [6, 6.07) is 8.85. The van der Waals surface area contributed by atoms with Gasteiger partial charge >= 0.3 is 59.1 Å². The third-order valence-electron chi connectivity index (χ3n) is 9.78. The van der Waals surface area contributed by atoms with Crippen LogP contribution in [0.1, 0.15) is 24.0 Å². The van der Waals surface area contributed by atoms with Crippen molar-refractivity contribution in [2.45, 2.75) is 22.6 Å². The maximum absolute atomic E-state index is 12.7. The summed E-state index contributed by atoms with van der Waals surface area (Å²) in [5.74, 6) is -0.193. The summed E-state index contributed by atoms with van der Waals surface area (Å²) in [7, 11) is -5.09. The second kappa shape index (κ2) is 27.9. The third-order valence-corrected chi connectivity index (χ3v) is 11.3. The number of nitrogens with zero attached hydrogens (tertiary/aromatic N) is 10. The van der Waals surface area contributed by atoms with Crippen LogP contribution < -0.4 is 106 Å². The van der Waals surface area contributed by atoms with E-state index in [2.05, 4.69) is 49.9 Å². The molecule has 2 aliphatic heterocycles. The largest absolute Gasteiger partial charge is 1.00 e. The number of rotatable bonds is 24. The van der Waals surface area contributed by atoms with E-state index in [0.717, 1.165) is 6.07 Å². The number of aromatic nitrogens is 6. The van der Waals surface area contributed by atoms with Gasteiger partial charge in [-0.1, -0.05) is 24.3 Å². The maximum Gasteiger partial charge on any atom is 1.00 e. The average Bonchev–Trinajstić information content (AvgIpc) is 3.30. The van der Waals surface area contributed by atoms with Crippen LogP contribution in [0.3, 0.4) is 0 Å². The van der Waals surface area contributed by atoms with Crippen molar-refractivity contribution < 1.29 is 116 Å². The minimum absolute atomic E-state index is 0. The van der Waals surface area contributed by atoms with Gasteiger partial charge in [0, 0.05) is 81.5 Å². The summed E-state index contributed by atoms with van der Waals surface area (Å²) in [5, 5.41) is 40.1. The maximum atomic E-state index is 12.7. The number of carbonyl (C=O) groups is 2. The number of morpholine rings is 2. The van der Waals surface area contributed by atoms with Gasteiger partial charge in [-0.05, 0) is 35.4 Å². The summed E-state index contributed by atoms with van der Waals surface area (Å²) >= 11 is 0.551. The Labute approximate surface area is 439 Å². The molecule has 4 heterocycles. The van der Waals surface area contributed by atoms with Gasteiger partial charge in [0.1, 0.15) is 10.1 Å². The molecular formula is C38H48N14Na2O12S2. The standard InChI is InChI=1S/C38H50N14O12S2.2Na/c39-31(55)7-9-49(11-17-53)35-43-33(45-37(47-35)51-13-19-61-20-14-51)41-27-5-3-25(29(23-27)65-64-63-57)1-2-26-4-6-28(24-30(26)66(58,59)60)42-34-44-36(50(12-18-54)10-8-32(40)56)48-38(46-34)52-15-21-62-22-16-52;;/h1-6,23-24,53-54,57H,7-22H2,(H2,39,55)(H2,40,56)(H,58,59,60)(H,41,43,45,47)(H,42,44,46,48);;/q;2*+1/p-2/b2-1+;;. The van der Waals surface area contributed by atoms with Crippen molar-refractivity contribution in [3.63, 3.8) is 0 Å². The van der Waals surface area contributed by atoms with Crippen LogP contribution in [0.2, 0.25) is 0 Å². The van der Waals surface area contributed by atoms with Crippen molar-refractivity contribution in [3.8, 4) is 0 Å². The Balaban J connectivity index is 0.00000504. The van der Waals surface area contributed by atoms with Gasteiger partial charge in [-0.15, -0.1) is 0 Å². The number of ether oxygens (including phenoxy) is 2. The molecule has 6 rings (SSSR count). The molecule has 0 bridgehead atoms. The zero-order valence-electron chi connectivity index (χ0n) is 37.4. The molecule has 356 valence electrons. The van der Waals surface area contributed by atoms with Crippen molar-refractivity contribution in [1.82, 2.24) is 29.9 Å². The fourth-order valence-corrected chi connectivity index (χ4v) is 7.75. The summed E-state index contributed by atoms with van der Waals surface area (Å²) < 4.78 is 53.7. The number of carbonyl (C=O) groups excluding carboxylic acids is 2. The van der Waals surface area contributed by atoms with E-state index >= 15 is 0 Å². The van der Waals surface area contributed by atoms with Gasteiger partial charge in [0.25, 0.3) is 0 Å². The van der Waals surface area contributed by atoms with Crippen molar-refractivity contribution in [2.24, 2.45) is 11.5 Å².